The van der Waals surface area contributed by atoms with Gasteiger partial charge in [-0.2, -0.15) is 0 Å². The van der Waals surface area contributed by atoms with Crippen LogP contribution in [-0.4, -0.2) is 31.6 Å². The van der Waals surface area contributed by atoms with E-state index >= 15 is 0 Å². The number of hydrogen-bond acceptors (Lipinski definition) is 3. The van der Waals surface area contributed by atoms with E-state index < -0.39 is 0 Å². The molecule has 0 spiro atoms. The number of fused-ring (bicyclic) bond motifs is 3. The van der Waals surface area contributed by atoms with Gasteiger partial charge < -0.3 is 15.0 Å². The lowest BCUT2D eigenvalue weighted by atomic mass is 9.88. The minimum Gasteiger partial charge on any atom is -0.489 e. The molecule has 3 aliphatic rings. The normalized spacial score (nSPS) is 30.1. The Kier molecular flexibility index (Phi) is 3.54. The highest BCUT2D eigenvalue weighted by Crippen LogP contribution is 2.48. The molecule has 0 saturated heterocycles. The Hall–Kier alpha value is -1.22. The van der Waals surface area contributed by atoms with Gasteiger partial charge in [-0.3, -0.25) is 0 Å². The van der Waals surface area contributed by atoms with Gasteiger partial charge in [0.05, 0.1) is 5.69 Å². The first-order valence-electron chi connectivity index (χ1n) is 8.46. The molecule has 2 saturated carbocycles. The maximum Gasteiger partial charge on any atom is 0.146 e. The van der Waals surface area contributed by atoms with Gasteiger partial charge in [-0.05, 0) is 50.1 Å². The van der Waals surface area contributed by atoms with Crippen LogP contribution in [0.15, 0.2) is 18.2 Å². The summed E-state index contributed by atoms with van der Waals surface area (Å²) in [7, 11) is 2.27. The van der Waals surface area contributed by atoms with Gasteiger partial charge in [-0.15, -0.1) is 0 Å². The summed E-state index contributed by atoms with van der Waals surface area (Å²) in [6.45, 7) is 3.94. The van der Waals surface area contributed by atoms with Gasteiger partial charge in [0.2, 0.25) is 0 Å². The van der Waals surface area contributed by atoms with Crippen LogP contribution < -0.4 is 10.1 Å². The van der Waals surface area contributed by atoms with Crippen LogP contribution in [0.1, 0.15) is 31.2 Å². The Morgan fingerprint density at radius 1 is 1.29 bits per heavy atom. The molecule has 2 aliphatic carbocycles. The van der Waals surface area contributed by atoms with Gasteiger partial charge in [0, 0.05) is 25.2 Å². The number of nitrogens with zero attached hydrogens (tertiary/aromatic N) is 1. The van der Waals surface area contributed by atoms with Gasteiger partial charge >= 0.3 is 0 Å². The summed E-state index contributed by atoms with van der Waals surface area (Å²) in [5, 5.41) is 3.43. The van der Waals surface area contributed by atoms with E-state index in [2.05, 4.69) is 35.5 Å². The molecule has 1 aromatic carbocycles. The Morgan fingerprint density at radius 2 is 2.24 bits per heavy atom. The molecule has 0 aromatic heterocycles. The molecule has 4 rings (SSSR count). The molecule has 1 N–H and O–H groups in total. The molecule has 0 radical (unpaired) electrons. The van der Waals surface area contributed by atoms with Crippen molar-refractivity contribution in [1.82, 2.24) is 4.90 Å². The van der Waals surface area contributed by atoms with E-state index in [-0.39, 0.29) is 0 Å². The van der Waals surface area contributed by atoms with Crippen molar-refractivity contribution in [2.75, 3.05) is 32.1 Å². The van der Waals surface area contributed by atoms with Gasteiger partial charge in [0.1, 0.15) is 12.4 Å². The van der Waals surface area contributed by atoms with Crippen molar-refractivity contribution in [3.05, 3.63) is 23.8 Å². The monoisotopic (exact) mass is 286 g/mol. The van der Waals surface area contributed by atoms with Crippen LogP contribution in [-0.2, 0) is 6.54 Å². The predicted octanol–water partition coefficient (Wildman–Crippen LogP) is 3.36. The van der Waals surface area contributed by atoms with Crippen molar-refractivity contribution in [3.63, 3.8) is 0 Å². The van der Waals surface area contributed by atoms with Crippen LogP contribution in [0.4, 0.5) is 5.69 Å². The fourth-order valence-corrected chi connectivity index (χ4v) is 4.71. The van der Waals surface area contributed by atoms with E-state index in [9.17, 15) is 0 Å². The van der Waals surface area contributed by atoms with E-state index in [1.54, 1.807) is 0 Å². The maximum atomic E-state index is 5.89. The second-order valence-corrected chi connectivity index (χ2v) is 7.20. The van der Waals surface area contributed by atoms with E-state index in [0.717, 1.165) is 48.9 Å². The topological polar surface area (TPSA) is 24.5 Å². The molecule has 1 aromatic rings. The van der Waals surface area contributed by atoms with Gasteiger partial charge in [0.15, 0.2) is 0 Å². The molecule has 3 nitrogen and oxygen atoms in total. The van der Waals surface area contributed by atoms with Crippen molar-refractivity contribution in [3.8, 4) is 5.75 Å². The zero-order valence-corrected chi connectivity index (χ0v) is 13.0. The molecule has 1 aliphatic heterocycles. The highest BCUT2D eigenvalue weighted by atomic mass is 16.5. The van der Waals surface area contributed by atoms with E-state index in [1.165, 1.54) is 37.8 Å². The molecule has 1 heterocycles. The maximum absolute atomic E-state index is 5.89. The number of nitrogens with one attached hydrogen (secondary N) is 1. The van der Waals surface area contributed by atoms with Crippen molar-refractivity contribution in [1.29, 1.82) is 0 Å². The average molecular weight is 286 g/mol. The Balaban J connectivity index is 1.41. The highest BCUT2D eigenvalue weighted by Gasteiger charge is 2.39. The first kappa shape index (κ1) is 13.4. The van der Waals surface area contributed by atoms with E-state index in [0.29, 0.717) is 0 Å². The molecule has 21 heavy (non-hydrogen) atoms. The second-order valence-electron chi connectivity index (χ2n) is 7.20. The summed E-state index contributed by atoms with van der Waals surface area (Å²) in [6.07, 6.45) is 5.96. The van der Waals surface area contributed by atoms with Crippen LogP contribution in [0.2, 0.25) is 0 Å². The van der Waals surface area contributed by atoms with E-state index in [4.69, 9.17) is 4.74 Å². The molecule has 114 valence electrons. The lowest BCUT2D eigenvalue weighted by molar-refractivity contribution is 0.211. The first-order chi connectivity index (χ1) is 10.3. The van der Waals surface area contributed by atoms with Gasteiger partial charge in [0.25, 0.3) is 0 Å². The first-order valence-corrected chi connectivity index (χ1v) is 8.46. The number of anilines is 1. The Morgan fingerprint density at radius 3 is 3.05 bits per heavy atom. The van der Waals surface area contributed by atoms with Crippen LogP contribution >= 0.6 is 0 Å². The molecular weight excluding hydrogens is 260 g/mol. The number of benzene rings is 1. The third kappa shape index (κ3) is 2.64. The average Bonchev–Trinajstić information content (AvgIpc) is 3.10. The smallest absolute Gasteiger partial charge is 0.146 e. The molecule has 3 atom stereocenters. The van der Waals surface area contributed by atoms with Crippen molar-refractivity contribution in [2.24, 2.45) is 17.8 Å². The lowest BCUT2D eigenvalue weighted by Gasteiger charge is -2.28. The molecule has 2 fully saturated rings. The standard InChI is InChI=1S/C18H26N2O/c1-20(12-16-10-13-5-6-14(16)9-13)11-15-3-2-4-17-18(15)21-8-7-19-17/h2-4,13-14,16,19H,5-12H2,1H3. The van der Waals surface area contributed by atoms with Crippen molar-refractivity contribution < 1.29 is 4.74 Å². The number of rotatable bonds is 4. The molecule has 3 unspecified atom stereocenters. The minimum absolute atomic E-state index is 0.778. The summed E-state index contributed by atoms with van der Waals surface area (Å²) < 4.78 is 5.89. The summed E-state index contributed by atoms with van der Waals surface area (Å²) in [5.74, 6) is 4.07. The van der Waals surface area contributed by atoms with Gasteiger partial charge in [-0.25, -0.2) is 0 Å². The van der Waals surface area contributed by atoms with Crippen molar-refractivity contribution >= 4 is 5.69 Å². The third-order valence-electron chi connectivity index (χ3n) is 5.63. The fraction of sp³-hybridized carbons (Fsp3) is 0.667. The number of ether oxygens (including phenoxy) is 1. The highest BCUT2D eigenvalue weighted by molar-refractivity contribution is 5.61. The summed E-state index contributed by atoms with van der Waals surface area (Å²) >= 11 is 0. The van der Waals surface area contributed by atoms with Crippen LogP contribution in [0.3, 0.4) is 0 Å². The zero-order chi connectivity index (χ0) is 14.2. The number of hydrogen-bond donors (Lipinski definition) is 1. The predicted molar refractivity (Wildman–Crippen MR) is 85.7 cm³/mol. The van der Waals surface area contributed by atoms with Gasteiger partial charge in [-0.1, -0.05) is 18.6 Å². The SMILES string of the molecule is CN(Cc1cccc2c1OCCN2)CC1CC2CCC1C2. The Bertz CT molecular complexity index is 516. The third-order valence-corrected chi connectivity index (χ3v) is 5.63. The van der Waals surface area contributed by atoms with Crippen LogP contribution in [0, 0.1) is 17.8 Å². The second kappa shape index (κ2) is 5.53. The largest absolute Gasteiger partial charge is 0.489 e. The van der Waals surface area contributed by atoms with Crippen LogP contribution in [0.5, 0.6) is 5.75 Å². The Labute approximate surface area is 127 Å². The zero-order valence-electron chi connectivity index (χ0n) is 13.0. The lowest BCUT2D eigenvalue weighted by Crippen LogP contribution is -2.29. The molecular formula is C18H26N2O. The molecule has 3 heteroatoms. The minimum atomic E-state index is 0.778. The fourth-order valence-electron chi connectivity index (χ4n) is 4.71. The van der Waals surface area contributed by atoms with Crippen LogP contribution in [0.25, 0.3) is 0 Å². The molecule has 0 amide bonds. The van der Waals surface area contributed by atoms with Crippen molar-refractivity contribution in [2.45, 2.75) is 32.2 Å². The summed E-state index contributed by atoms with van der Waals surface area (Å²) in [4.78, 5) is 2.50. The molecule has 2 bridgehead atoms. The number of para-hydroxylation sites is 1. The van der Waals surface area contributed by atoms with E-state index in [1.807, 2.05) is 0 Å². The summed E-state index contributed by atoms with van der Waals surface area (Å²) in [6, 6.07) is 6.47. The quantitative estimate of drug-likeness (QED) is 0.918. The summed E-state index contributed by atoms with van der Waals surface area (Å²) in [5.41, 5.74) is 2.48.